The van der Waals surface area contributed by atoms with Crippen molar-refractivity contribution in [3.63, 3.8) is 0 Å². The van der Waals surface area contributed by atoms with Crippen LogP contribution in [0.4, 0.5) is 4.79 Å². The molecule has 1 aromatic carbocycles. The van der Waals surface area contributed by atoms with E-state index in [1.165, 1.54) is 37.7 Å². The Morgan fingerprint density at radius 2 is 1.69 bits per heavy atom. The number of hydrogen-bond acceptors (Lipinski definition) is 4. The van der Waals surface area contributed by atoms with Crippen LogP contribution in [0.1, 0.15) is 73.4 Å². The lowest BCUT2D eigenvalue weighted by atomic mass is 9.84. The van der Waals surface area contributed by atoms with E-state index in [1.807, 2.05) is 13.0 Å². The van der Waals surface area contributed by atoms with Gasteiger partial charge in [-0.25, -0.2) is 0 Å². The van der Waals surface area contributed by atoms with Crippen LogP contribution in [0, 0.1) is 13.8 Å². The number of aryl methyl sites for hydroxylation is 1. The number of benzene rings is 1. The molecule has 3 heterocycles. The number of carbonyl (C=O) groups is 3. The quantitative estimate of drug-likeness (QED) is 0.496. The van der Waals surface area contributed by atoms with Gasteiger partial charge in [-0.1, -0.05) is 31.4 Å². The second-order valence-corrected chi connectivity index (χ2v) is 10.9. The van der Waals surface area contributed by atoms with Crippen molar-refractivity contribution in [1.82, 2.24) is 14.4 Å². The molecule has 2 aliphatic heterocycles. The third-order valence-electron chi connectivity index (χ3n) is 7.61. The minimum atomic E-state index is -0.380. The molecular weight excluding hydrogens is 458 g/mol. The zero-order valence-corrected chi connectivity index (χ0v) is 21.4. The van der Waals surface area contributed by atoms with Gasteiger partial charge < -0.3 is 9.47 Å². The first-order valence-corrected chi connectivity index (χ1v) is 13.6. The fourth-order valence-electron chi connectivity index (χ4n) is 5.64. The average molecular weight is 492 g/mol. The molecule has 3 fully saturated rings. The summed E-state index contributed by atoms with van der Waals surface area (Å²) in [5, 5.41) is -0.374. The van der Waals surface area contributed by atoms with E-state index in [4.69, 9.17) is 0 Å². The van der Waals surface area contributed by atoms with Gasteiger partial charge in [-0.15, -0.1) is 0 Å². The second-order valence-electron chi connectivity index (χ2n) is 9.94. The zero-order chi connectivity index (χ0) is 24.5. The van der Waals surface area contributed by atoms with Crippen LogP contribution in [-0.4, -0.2) is 51.1 Å². The van der Waals surface area contributed by atoms with E-state index in [9.17, 15) is 14.4 Å². The highest BCUT2D eigenvalue weighted by atomic mass is 32.2. The molecule has 0 radical (unpaired) electrons. The summed E-state index contributed by atoms with van der Waals surface area (Å²) < 4.78 is 2.19. The molecule has 1 aromatic heterocycles. The highest BCUT2D eigenvalue weighted by Crippen LogP contribution is 2.35. The van der Waals surface area contributed by atoms with Crippen LogP contribution < -0.4 is 0 Å². The number of thioether (sulfide) groups is 1. The third-order valence-corrected chi connectivity index (χ3v) is 8.52. The van der Waals surface area contributed by atoms with Crippen LogP contribution >= 0.6 is 11.8 Å². The van der Waals surface area contributed by atoms with E-state index in [1.54, 1.807) is 11.0 Å². The molecule has 0 N–H and O–H groups in total. The van der Waals surface area contributed by atoms with Crippen molar-refractivity contribution in [2.24, 2.45) is 0 Å². The van der Waals surface area contributed by atoms with E-state index >= 15 is 0 Å². The van der Waals surface area contributed by atoms with Gasteiger partial charge in [-0.2, -0.15) is 0 Å². The summed E-state index contributed by atoms with van der Waals surface area (Å²) in [4.78, 5) is 41.2. The predicted molar refractivity (Wildman–Crippen MR) is 140 cm³/mol. The van der Waals surface area contributed by atoms with Crippen LogP contribution in [0.25, 0.3) is 11.8 Å². The van der Waals surface area contributed by atoms with Crippen molar-refractivity contribution in [3.8, 4) is 5.69 Å². The van der Waals surface area contributed by atoms with Gasteiger partial charge in [0, 0.05) is 30.2 Å². The van der Waals surface area contributed by atoms with Crippen molar-refractivity contribution >= 4 is 34.9 Å². The van der Waals surface area contributed by atoms with Gasteiger partial charge >= 0.3 is 0 Å². The lowest BCUT2D eigenvalue weighted by Gasteiger charge is -2.22. The van der Waals surface area contributed by atoms with Gasteiger partial charge in [-0.3, -0.25) is 19.3 Å². The molecule has 2 aromatic rings. The summed E-state index contributed by atoms with van der Waals surface area (Å²) in [5.41, 5.74) is 5.53. The first-order valence-electron chi connectivity index (χ1n) is 12.7. The molecule has 0 unspecified atom stereocenters. The van der Waals surface area contributed by atoms with Gasteiger partial charge in [0.25, 0.3) is 11.1 Å². The van der Waals surface area contributed by atoms with E-state index in [-0.39, 0.29) is 23.6 Å². The second kappa shape index (κ2) is 10.1. The molecule has 7 heteroatoms. The number of nitrogens with zero attached hydrogens (tertiary/aromatic N) is 3. The van der Waals surface area contributed by atoms with Crippen LogP contribution in [0.2, 0.25) is 0 Å². The molecular formula is C28H33N3O3S. The minimum absolute atomic E-state index is 0.152. The molecule has 6 nitrogen and oxygen atoms in total. The van der Waals surface area contributed by atoms with Gasteiger partial charge in [0.1, 0.15) is 6.54 Å². The predicted octanol–water partition coefficient (Wildman–Crippen LogP) is 5.80. The van der Waals surface area contributed by atoms with Crippen molar-refractivity contribution in [2.75, 3.05) is 19.6 Å². The Bertz CT molecular complexity index is 1170. The molecule has 0 atom stereocenters. The summed E-state index contributed by atoms with van der Waals surface area (Å²) in [7, 11) is 0. The molecule has 0 bridgehead atoms. The number of rotatable bonds is 5. The highest BCUT2D eigenvalue weighted by Gasteiger charge is 2.37. The normalized spacial score (nSPS) is 20.5. The molecule has 2 saturated heterocycles. The molecule has 3 aliphatic rings. The standard InChI is InChI=1S/C28H33N3O3S/c1-19-16-23(17-25-27(33)30(28(34)35-25)18-26(32)29-14-6-7-15-29)20(2)31(19)24-12-10-22(11-13-24)21-8-4-3-5-9-21/h10-13,16-17,21H,3-9,14-15,18H2,1-2H3/b25-17-. The maximum Gasteiger partial charge on any atom is 0.294 e. The van der Waals surface area contributed by atoms with Gasteiger partial charge in [0.05, 0.1) is 4.91 Å². The Kier molecular flexibility index (Phi) is 6.87. The summed E-state index contributed by atoms with van der Waals surface area (Å²) in [5.74, 6) is 0.142. The summed E-state index contributed by atoms with van der Waals surface area (Å²) in [6.45, 7) is 5.33. The molecule has 1 aliphatic carbocycles. The lowest BCUT2D eigenvalue weighted by molar-refractivity contribution is -0.135. The van der Waals surface area contributed by atoms with Crippen LogP contribution in [0.3, 0.4) is 0 Å². The molecule has 0 spiro atoms. The summed E-state index contributed by atoms with van der Waals surface area (Å²) in [6, 6.07) is 10.9. The lowest BCUT2D eigenvalue weighted by Crippen LogP contribution is -2.40. The van der Waals surface area contributed by atoms with Crippen LogP contribution in [-0.2, 0) is 9.59 Å². The monoisotopic (exact) mass is 491 g/mol. The number of carbonyl (C=O) groups excluding carboxylic acids is 3. The largest absolute Gasteiger partial charge is 0.341 e. The number of imide groups is 1. The Morgan fingerprint density at radius 3 is 2.37 bits per heavy atom. The number of aromatic nitrogens is 1. The SMILES string of the molecule is Cc1cc(/C=C2\SC(=O)N(CC(=O)N3CCCC3)C2=O)c(C)n1-c1ccc(C2CCCCC2)cc1. The van der Waals surface area contributed by atoms with E-state index in [2.05, 4.69) is 35.8 Å². The topological polar surface area (TPSA) is 62.6 Å². The fraction of sp³-hybridized carbons (Fsp3) is 0.464. The number of amides is 3. The van der Waals surface area contributed by atoms with Crippen molar-refractivity contribution in [1.29, 1.82) is 0 Å². The summed E-state index contributed by atoms with van der Waals surface area (Å²) >= 11 is 0.917. The Morgan fingerprint density at radius 1 is 1.00 bits per heavy atom. The van der Waals surface area contributed by atoms with E-state index in [0.717, 1.165) is 52.1 Å². The Hall–Kier alpha value is -2.80. The smallest absolute Gasteiger partial charge is 0.294 e. The molecule has 35 heavy (non-hydrogen) atoms. The maximum atomic E-state index is 13.0. The third kappa shape index (κ3) is 4.83. The average Bonchev–Trinajstić information content (AvgIpc) is 3.56. The van der Waals surface area contributed by atoms with E-state index < -0.39 is 0 Å². The van der Waals surface area contributed by atoms with Crippen LogP contribution in [0.15, 0.2) is 35.2 Å². The van der Waals surface area contributed by atoms with Crippen LogP contribution in [0.5, 0.6) is 0 Å². The fourth-order valence-corrected chi connectivity index (χ4v) is 6.47. The number of hydrogen-bond donors (Lipinski definition) is 0. The van der Waals surface area contributed by atoms with Gasteiger partial charge in [0.2, 0.25) is 5.91 Å². The first-order chi connectivity index (χ1) is 16.9. The van der Waals surface area contributed by atoms with Gasteiger partial charge in [0.15, 0.2) is 0 Å². The Balaban J connectivity index is 1.34. The highest BCUT2D eigenvalue weighted by molar-refractivity contribution is 8.18. The maximum absolute atomic E-state index is 13.0. The minimum Gasteiger partial charge on any atom is -0.341 e. The number of likely N-dealkylation sites (tertiary alicyclic amines) is 1. The first kappa shape index (κ1) is 23.9. The summed E-state index contributed by atoms with van der Waals surface area (Å²) in [6.07, 6.45) is 10.3. The molecule has 5 rings (SSSR count). The molecule has 1 saturated carbocycles. The molecule has 3 amide bonds. The molecule has 184 valence electrons. The van der Waals surface area contributed by atoms with Crippen molar-refractivity contribution in [2.45, 2.75) is 64.7 Å². The Labute approximate surface area is 211 Å². The van der Waals surface area contributed by atoms with Crippen molar-refractivity contribution < 1.29 is 14.4 Å². The van der Waals surface area contributed by atoms with E-state index in [0.29, 0.717) is 23.9 Å². The zero-order valence-electron chi connectivity index (χ0n) is 20.6. The van der Waals surface area contributed by atoms with Gasteiger partial charge in [-0.05, 0) is 92.6 Å². The van der Waals surface area contributed by atoms with Crippen molar-refractivity contribution in [3.05, 3.63) is 57.8 Å².